The second-order valence-electron chi connectivity index (χ2n) is 5.06. The predicted molar refractivity (Wildman–Crippen MR) is 83.9 cm³/mol. The molecule has 3 rings (SSSR count). The summed E-state index contributed by atoms with van der Waals surface area (Å²) in [5.41, 5.74) is 1.79. The molecule has 1 unspecified atom stereocenters. The molecule has 0 aliphatic carbocycles. The fraction of sp³-hybridized carbons (Fsp3) is 0.250. The summed E-state index contributed by atoms with van der Waals surface area (Å²) in [6, 6.07) is 10.9. The van der Waals surface area contributed by atoms with E-state index < -0.39 is 0 Å². The molecule has 2 aromatic rings. The van der Waals surface area contributed by atoms with Crippen LogP contribution in [-0.4, -0.2) is 25.5 Å². The summed E-state index contributed by atoms with van der Waals surface area (Å²) in [6.45, 7) is 0.436. The molecule has 5 nitrogen and oxygen atoms in total. The molecule has 1 aromatic heterocycles. The molecule has 0 spiro atoms. The molecule has 22 heavy (non-hydrogen) atoms. The zero-order valence-electron chi connectivity index (χ0n) is 11.9. The van der Waals surface area contributed by atoms with E-state index in [-0.39, 0.29) is 30.0 Å². The lowest BCUT2D eigenvalue weighted by molar-refractivity contribution is -0.141. The van der Waals surface area contributed by atoms with E-state index in [4.69, 9.17) is 9.15 Å². The molecule has 0 saturated carbocycles. The molecule has 1 aliphatic heterocycles. The Balaban J connectivity index is 1.90. The Hall–Kier alpha value is -2.08. The van der Waals surface area contributed by atoms with Gasteiger partial charge >= 0.3 is 5.97 Å². The molecule has 114 valence electrons. The van der Waals surface area contributed by atoms with E-state index in [1.165, 1.54) is 7.11 Å². The third-order valence-corrected chi connectivity index (χ3v) is 4.17. The number of hydrogen-bond acceptors (Lipinski definition) is 4. The number of anilines is 1. The molecule has 1 aromatic carbocycles. The molecule has 2 heterocycles. The van der Waals surface area contributed by atoms with Crippen LogP contribution in [0.3, 0.4) is 0 Å². The first kappa shape index (κ1) is 14.8. The van der Waals surface area contributed by atoms with E-state index in [1.54, 1.807) is 17.0 Å². The Morgan fingerprint density at radius 3 is 2.77 bits per heavy atom. The van der Waals surface area contributed by atoms with E-state index in [1.807, 2.05) is 24.3 Å². The van der Waals surface area contributed by atoms with E-state index >= 15 is 0 Å². The van der Waals surface area contributed by atoms with Crippen LogP contribution in [0.25, 0.3) is 0 Å². The number of fused-ring (bicyclic) bond motifs is 1. The maximum absolute atomic E-state index is 12.6. The highest BCUT2D eigenvalue weighted by molar-refractivity contribution is 9.10. The normalized spacial score (nSPS) is 16.5. The van der Waals surface area contributed by atoms with Gasteiger partial charge in [0.05, 0.1) is 13.5 Å². The summed E-state index contributed by atoms with van der Waals surface area (Å²) in [7, 11) is 1.37. The zero-order valence-corrected chi connectivity index (χ0v) is 13.5. The van der Waals surface area contributed by atoms with Gasteiger partial charge in [0, 0.05) is 18.2 Å². The van der Waals surface area contributed by atoms with Gasteiger partial charge in [0.25, 0.3) is 5.91 Å². The summed E-state index contributed by atoms with van der Waals surface area (Å²) in [5.74, 6) is -0.299. The number of carbonyl (C=O) groups is 2. The molecular formula is C16H14BrNO4. The van der Waals surface area contributed by atoms with Crippen molar-refractivity contribution in [2.45, 2.75) is 12.3 Å². The summed E-state index contributed by atoms with van der Waals surface area (Å²) >= 11 is 3.20. The van der Waals surface area contributed by atoms with Crippen LogP contribution >= 0.6 is 15.9 Å². The molecule has 0 N–H and O–H groups in total. The van der Waals surface area contributed by atoms with Crippen LogP contribution in [-0.2, 0) is 9.53 Å². The van der Waals surface area contributed by atoms with Crippen molar-refractivity contribution in [2.24, 2.45) is 0 Å². The average molecular weight is 364 g/mol. The van der Waals surface area contributed by atoms with Crippen LogP contribution in [0, 0.1) is 0 Å². The predicted octanol–water partition coefficient (Wildman–Crippen LogP) is 3.35. The van der Waals surface area contributed by atoms with Crippen molar-refractivity contribution in [3.05, 3.63) is 52.4 Å². The third kappa shape index (κ3) is 2.66. The summed E-state index contributed by atoms with van der Waals surface area (Å²) in [6.07, 6.45) is 0.249. The van der Waals surface area contributed by atoms with Gasteiger partial charge in [-0.05, 0) is 39.7 Å². The molecule has 6 heteroatoms. The Morgan fingerprint density at radius 2 is 2.09 bits per heavy atom. The first-order valence-corrected chi connectivity index (χ1v) is 7.62. The van der Waals surface area contributed by atoms with Gasteiger partial charge in [-0.25, -0.2) is 0 Å². The molecule has 0 bridgehead atoms. The number of rotatable bonds is 3. The quantitative estimate of drug-likeness (QED) is 0.784. The van der Waals surface area contributed by atoms with Gasteiger partial charge in [-0.15, -0.1) is 0 Å². The Labute approximate surface area is 136 Å². The molecule has 1 amide bonds. The van der Waals surface area contributed by atoms with Gasteiger partial charge in [-0.1, -0.05) is 18.2 Å². The van der Waals surface area contributed by atoms with Crippen LogP contribution in [0.15, 0.2) is 45.5 Å². The largest absolute Gasteiger partial charge is 0.469 e. The number of methoxy groups -OCH3 is 1. The molecule has 1 atom stereocenters. The van der Waals surface area contributed by atoms with Gasteiger partial charge in [0.1, 0.15) is 0 Å². The fourth-order valence-corrected chi connectivity index (χ4v) is 3.02. The zero-order chi connectivity index (χ0) is 15.7. The van der Waals surface area contributed by atoms with Crippen molar-refractivity contribution >= 4 is 33.5 Å². The number of para-hydroxylation sites is 1. The SMILES string of the molecule is COC(=O)CC1CN(C(=O)c2ccc(Br)o2)c2ccccc21. The van der Waals surface area contributed by atoms with E-state index in [9.17, 15) is 9.59 Å². The summed E-state index contributed by atoms with van der Waals surface area (Å²) < 4.78 is 10.6. The van der Waals surface area contributed by atoms with E-state index in [0.29, 0.717) is 11.2 Å². The number of carbonyl (C=O) groups excluding carboxylic acids is 2. The maximum Gasteiger partial charge on any atom is 0.306 e. The van der Waals surface area contributed by atoms with E-state index in [0.717, 1.165) is 11.3 Å². The number of esters is 1. The van der Waals surface area contributed by atoms with Crippen molar-refractivity contribution in [2.75, 3.05) is 18.6 Å². The van der Waals surface area contributed by atoms with Crippen molar-refractivity contribution < 1.29 is 18.7 Å². The minimum atomic E-state index is -0.283. The first-order chi connectivity index (χ1) is 10.6. The number of nitrogens with zero attached hydrogens (tertiary/aromatic N) is 1. The highest BCUT2D eigenvalue weighted by Gasteiger charge is 2.34. The number of hydrogen-bond donors (Lipinski definition) is 0. The van der Waals surface area contributed by atoms with Gasteiger partial charge < -0.3 is 14.1 Å². The van der Waals surface area contributed by atoms with Crippen LogP contribution in [0.4, 0.5) is 5.69 Å². The Kier molecular flexibility index (Phi) is 4.02. The van der Waals surface area contributed by atoms with E-state index in [2.05, 4.69) is 15.9 Å². The highest BCUT2D eigenvalue weighted by atomic mass is 79.9. The van der Waals surface area contributed by atoms with Crippen molar-refractivity contribution in [3.8, 4) is 0 Å². The molecule has 0 saturated heterocycles. The van der Waals surface area contributed by atoms with Crippen LogP contribution < -0.4 is 4.90 Å². The van der Waals surface area contributed by atoms with Gasteiger partial charge in [0.15, 0.2) is 10.4 Å². The molecule has 0 radical (unpaired) electrons. The highest BCUT2D eigenvalue weighted by Crippen LogP contribution is 2.39. The Morgan fingerprint density at radius 1 is 1.32 bits per heavy atom. The molecule has 1 aliphatic rings. The second-order valence-corrected chi connectivity index (χ2v) is 5.84. The van der Waals surface area contributed by atoms with Crippen LogP contribution in [0.5, 0.6) is 0 Å². The smallest absolute Gasteiger partial charge is 0.306 e. The van der Waals surface area contributed by atoms with Crippen molar-refractivity contribution in [1.82, 2.24) is 0 Å². The lowest BCUT2D eigenvalue weighted by Gasteiger charge is -2.16. The maximum atomic E-state index is 12.6. The average Bonchev–Trinajstić information content (AvgIpc) is 3.11. The monoisotopic (exact) mass is 363 g/mol. The number of ether oxygens (including phenoxy) is 1. The fourth-order valence-electron chi connectivity index (χ4n) is 2.71. The topological polar surface area (TPSA) is 59.8 Å². The second kappa shape index (κ2) is 5.96. The molecule has 0 fully saturated rings. The minimum Gasteiger partial charge on any atom is -0.469 e. The van der Waals surface area contributed by atoms with Crippen LogP contribution in [0.2, 0.25) is 0 Å². The standard InChI is InChI=1S/C16H14BrNO4/c1-21-15(19)8-10-9-18(12-5-3-2-4-11(10)12)16(20)13-6-7-14(17)22-13/h2-7,10H,8-9H2,1H3. The summed E-state index contributed by atoms with van der Waals surface area (Å²) in [5, 5.41) is 0. The third-order valence-electron chi connectivity index (χ3n) is 3.74. The van der Waals surface area contributed by atoms with Crippen molar-refractivity contribution in [1.29, 1.82) is 0 Å². The minimum absolute atomic E-state index is 0.0639. The Bertz CT molecular complexity index is 724. The lowest BCUT2D eigenvalue weighted by atomic mass is 9.98. The number of furan rings is 1. The lowest BCUT2D eigenvalue weighted by Crippen LogP contribution is -2.29. The van der Waals surface area contributed by atoms with Crippen LogP contribution in [0.1, 0.15) is 28.5 Å². The van der Waals surface area contributed by atoms with Gasteiger partial charge in [0.2, 0.25) is 0 Å². The molecular weight excluding hydrogens is 350 g/mol. The first-order valence-electron chi connectivity index (χ1n) is 6.83. The summed E-state index contributed by atoms with van der Waals surface area (Å²) in [4.78, 5) is 25.8. The van der Waals surface area contributed by atoms with Gasteiger partial charge in [-0.2, -0.15) is 0 Å². The number of halogens is 1. The number of amides is 1. The number of benzene rings is 1. The van der Waals surface area contributed by atoms with Gasteiger partial charge in [-0.3, -0.25) is 9.59 Å². The van der Waals surface area contributed by atoms with Crippen molar-refractivity contribution in [3.63, 3.8) is 0 Å².